The maximum atomic E-state index is 14.1. The normalized spacial score (nSPS) is 26.2. The first-order valence-electron chi connectivity index (χ1n) is 16.7. The molecule has 3 rings (SSSR count). The zero-order valence-electron chi connectivity index (χ0n) is 28.6. The maximum Gasteiger partial charge on any atom is 0.246 e. The Morgan fingerprint density at radius 1 is 0.766 bits per heavy atom. The molecule has 13 nitrogen and oxygen atoms in total. The topological polar surface area (TPSA) is 186 Å². The second-order valence-electron chi connectivity index (χ2n) is 13.9. The minimum atomic E-state index is -1.10. The van der Waals surface area contributed by atoms with Gasteiger partial charge in [0.1, 0.15) is 36.0 Å². The lowest BCUT2D eigenvalue weighted by Crippen LogP contribution is -2.62. The highest BCUT2D eigenvalue weighted by Gasteiger charge is 2.40. The number of hydrogen-bond acceptors (Lipinski definition) is 7. The second kappa shape index (κ2) is 16.6. The van der Waals surface area contributed by atoms with E-state index in [4.69, 9.17) is 0 Å². The van der Waals surface area contributed by atoms with Gasteiger partial charge < -0.3 is 36.6 Å². The van der Waals surface area contributed by atoms with E-state index in [1.165, 1.54) is 17.0 Å². The molecule has 47 heavy (non-hydrogen) atoms. The van der Waals surface area contributed by atoms with E-state index in [0.29, 0.717) is 24.8 Å². The molecule has 2 fully saturated rings. The van der Waals surface area contributed by atoms with Crippen LogP contribution >= 0.6 is 0 Å². The summed E-state index contributed by atoms with van der Waals surface area (Å²) in [5.41, 5.74) is 0.663. The van der Waals surface area contributed by atoms with E-state index in [1.54, 1.807) is 26.0 Å². The van der Waals surface area contributed by atoms with E-state index in [0.717, 1.165) is 0 Å². The van der Waals surface area contributed by atoms with Crippen molar-refractivity contribution in [3.8, 4) is 5.75 Å². The van der Waals surface area contributed by atoms with E-state index >= 15 is 0 Å². The first-order valence-corrected chi connectivity index (χ1v) is 16.7. The first kappa shape index (κ1) is 37.3. The van der Waals surface area contributed by atoms with Crippen molar-refractivity contribution in [3.05, 3.63) is 29.8 Å². The van der Waals surface area contributed by atoms with Gasteiger partial charge in [0, 0.05) is 13.0 Å². The molecule has 6 unspecified atom stereocenters. The van der Waals surface area contributed by atoms with Crippen LogP contribution < -0.4 is 26.6 Å². The Morgan fingerprint density at radius 3 is 1.98 bits per heavy atom. The number of hydrogen-bond donors (Lipinski definition) is 6. The van der Waals surface area contributed by atoms with E-state index in [2.05, 4.69) is 26.6 Å². The Kier molecular flexibility index (Phi) is 13.2. The van der Waals surface area contributed by atoms with Crippen molar-refractivity contribution in [1.82, 2.24) is 31.5 Å². The molecule has 0 aliphatic carbocycles. The number of nitrogens with one attached hydrogen (secondary N) is 5. The molecule has 1 aromatic carbocycles. The van der Waals surface area contributed by atoms with Crippen molar-refractivity contribution in [2.24, 2.45) is 23.7 Å². The highest BCUT2D eigenvalue weighted by atomic mass is 16.3. The van der Waals surface area contributed by atoms with Gasteiger partial charge in [-0.1, -0.05) is 60.6 Å². The van der Waals surface area contributed by atoms with Gasteiger partial charge in [-0.05, 0) is 60.6 Å². The average molecular weight is 657 g/mol. The average Bonchev–Trinajstić information content (AvgIpc) is 3.50. The zero-order valence-corrected chi connectivity index (χ0v) is 28.6. The fourth-order valence-electron chi connectivity index (χ4n) is 5.92. The van der Waals surface area contributed by atoms with Crippen molar-refractivity contribution in [3.63, 3.8) is 0 Å². The summed E-state index contributed by atoms with van der Waals surface area (Å²) < 4.78 is 0. The summed E-state index contributed by atoms with van der Waals surface area (Å²) in [5, 5.41) is 23.6. The van der Waals surface area contributed by atoms with E-state index < -0.39 is 72.2 Å². The maximum absolute atomic E-state index is 14.1. The second-order valence-corrected chi connectivity index (χ2v) is 13.9. The van der Waals surface area contributed by atoms with Crippen molar-refractivity contribution >= 4 is 35.4 Å². The van der Waals surface area contributed by atoms with Crippen LogP contribution in [-0.4, -0.2) is 88.7 Å². The predicted octanol–water partition coefficient (Wildman–Crippen LogP) is 0.989. The summed E-state index contributed by atoms with van der Waals surface area (Å²) in [5.74, 6) is -3.95. The van der Waals surface area contributed by atoms with Gasteiger partial charge in [0.15, 0.2) is 0 Å². The molecular weight excluding hydrogens is 604 g/mol. The van der Waals surface area contributed by atoms with Crippen LogP contribution in [0.3, 0.4) is 0 Å². The van der Waals surface area contributed by atoms with Crippen LogP contribution in [0.1, 0.15) is 73.3 Å². The van der Waals surface area contributed by atoms with Gasteiger partial charge in [-0.2, -0.15) is 0 Å². The largest absolute Gasteiger partial charge is 0.508 e. The van der Waals surface area contributed by atoms with Crippen LogP contribution in [0.4, 0.5) is 0 Å². The lowest BCUT2D eigenvalue weighted by Gasteiger charge is -2.33. The summed E-state index contributed by atoms with van der Waals surface area (Å²) in [4.78, 5) is 83.1. The van der Waals surface area contributed by atoms with Crippen molar-refractivity contribution < 1.29 is 33.9 Å². The summed E-state index contributed by atoms with van der Waals surface area (Å²) >= 11 is 0. The zero-order chi connectivity index (χ0) is 35.0. The Labute approximate surface area is 277 Å². The molecule has 260 valence electrons. The smallest absolute Gasteiger partial charge is 0.246 e. The molecule has 0 saturated carbocycles. The van der Waals surface area contributed by atoms with Gasteiger partial charge in [0.05, 0.1) is 6.54 Å². The summed E-state index contributed by atoms with van der Waals surface area (Å²) in [6, 6.07) is 1.24. The third-order valence-electron chi connectivity index (χ3n) is 9.02. The van der Waals surface area contributed by atoms with E-state index in [9.17, 15) is 33.9 Å². The fourth-order valence-corrected chi connectivity index (χ4v) is 5.92. The van der Waals surface area contributed by atoms with Crippen molar-refractivity contribution in [2.45, 2.75) is 104 Å². The molecule has 2 aliphatic rings. The molecule has 6 N–H and O–H groups in total. The molecular formula is C34H52N6O7. The van der Waals surface area contributed by atoms with Crippen LogP contribution in [-0.2, 0) is 35.2 Å². The minimum Gasteiger partial charge on any atom is -0.508 e. The Bertz CT molecular complexity index is 1300. The monoisotopic (exact) mass is 656 g/mol. The number of nitrogens with zero attached hydrogens (tertiary/aromatic N) is 1. The van der Waals surface area contributed by atoms with Gasteiger partial charge >= 0.3 is 0 Å². The van der Waals surface area contributed by atoms with E-state index in [-0.39, 0.29) is 42.4 Å². The number of amides is 6. The molecule has 0 spiro atoms. The SMILES string of the molecule is CC(C)CC1NC(=O)CNC(=O)C2CCCN2C(=O)C(Cc2ccc(O)cc2)NC(=O)C(C(C)C(C)C)NC(=O)C(C(C)C)NC1=O. The molecule has 2 saturated heterocycles. The van der Waals surface area contributed by atoms with Crippen LogP contribution in [0.5, 0.6) is 5.75 Å². The lowest BCUT2D eigenvalue weighted by molar-refractivity contribution is -0.142. The number of benzene rings is 1. The summed E-state index contributed by atoms with van der Waals surface area (Å²) in [6.45, 7) is 12.9. The molecule has 6 amide bonds. The van der Waals surface area contributed by atoms with Crippen LogP contribution in [0.15, 0.2) is 24.3 Å². The molecule has 0 bridgehead atoms. The van der Waals surface area contributed by atoms with Gasteiger partial charge in [0.2, 0.25) is 35.4 Å². The first-order chi connectivity index (χ1) is 22.1. The van der Waals surface area contributed by atoms with Gasteiger partial charge in [-0.3, -0.25) is 28.8 Å². The third kappa shape index (κ3) is 10.2. The van der Waals surface area contributed by atoms with Crippen molar-refractivity contribution in [2.75, 3.05) is 13.1 Å². The van der Waals surface area contributed by atoms with Crippen LogP contribution in [0.2, 0.25) is 0 Å². The lowest BCUT2D eigenvalue weighted by atomic mass is 9.88. The molecule has 6 atom stereocenters. The van der Waals surface area contributed by atoms with Gasteiger partial charge in [-0.15, -0.1) is 0 Å². The number of aromatic hydroxyl groups is 1. The van der Waals surface area contributed by atoms with Crippen LogP contribution in [0, 0.1) is 23.7 Å². The number of carbonyl (C=O) groups excluding carboxylic acids is 6. The minimum absolute atomic E-state index is 0.0253. The fraction of sp³-hybridized carbons (Fsp3) is 0.647. The van der Waals surface area contributed by atoms with E-state index in [1.807, 2.05) is 34.6 Å². The van der Waals surface area contributed by atoms with Gasteiger partial charge in [0.25, 0.3) is 0 Å². The number of fused-ring (bicyclic) bond motifs is 1. The molecule has 0 radical (unpaired) electrons. The standard InChI is InChI=1S/C34H52N6O7/c1-18(2)15-24-30(43)38-28(20(5)6)32(45)39-29(21(7)19(3)4)33(46)37-25(16-22-10-12-23(41)13-11-22)34(47)40-14-8-9-26(40)31(44)35-17-27(42)36-24/h10-13,18-21,24-26,28-29,41H,8-9,14-17H2,1-7H3,(H,35,44)(H,36,42)(H,37,46)(H,38,43)(H,39,45). The molecule has 0 aromatic heterocycles. The Hall–Kier alpha value is -4.16. The third-order valence-corrected chi connectivity index (χ3v) is 9.02. The van der Waals surface area contributed by atoms with Crippen LogP contribution in [0.25, 0.3) is 0 Å². The molecule has 13 heteroatoms. The molecule has 1 aromatic rings. The highest BCUT2D eigenvalue weighted by molar-refractivity contribution is 5.98. The summed E-state index contributed by atoms with van der Waals surface area (Å²) in [6.07, 6.45) is 1.28. The number of carbonyl (C=O) groups is 6. The van der Waals surface area contributed by atoms with Gasteiger partial charge in [-0.25, -0.2) is 0 Å². The number of phenols is 1. The molecule has 2 aliphatic heterocycles. The molecule has 2 heterocycles. The predicted molar refractivity (Wildman–Crippen MR) is 176 cm³/mol. The highest BCUT2D eigenvalue weighted by Crippen LogP contribution is 2.22. The summed E-state index contributed by atoms with van der Waals surface area (Å²) in [7, 11) is 0. The Morgan fingerprint density at radius 2 is 1.38 bits per heavy atom. The quantitative estimate of drug-likeness (QED) is 0.253. The Balaban J connectivity index is 2.06. The number of phenolic OH excluding ortho intramolecular Hbond substituents is 1. The van der Waals surface area contributed by atoms with Crippen molar-refractivity contribution in [1.29, 1.82) is 0 Å². The number of rotatable bonds is 7.